The molecule has 0 saturated carbocycles. The Morgan fingerprint density at radius 1 is 1.05 bits per heavy atom. The number of nitrogens with one attached hydrogen (secondary N) is 1. The van der Waals surface area contributed by atoms with Crippen LogP contribution in [0.5, 0.6) is 0 Å². The number of nitrogens with two attached hydrogens (primary N) is 1. The summed E-state index contributed by atoms with van der Waals surface area (Å²) in [5, 5.41) is 8.91. The van der Waals surface area contributed by atoms with Crippen LogP contribution in [0.2, 0.25) is 0 Å². The molecule has 19 heavy (non-hydrogen) atoms. The number of hydrazine groups is 1. The van der Waals surface area contributed by atoms with E-state index in [0.717, 1.165) is 0 Å². The number of carbonyl (C=O) groups excluding carboxylic acids is 1. The van der Waals surface area contributed by atoms with Gasteiger partial charge in [0.15, 0.2) is 0 Å². The van der Waals surface area contributed by atoms with Crippen LogP contribution < -0.4 is 11.3 Å². The van der Waals surface area contributed by atoms with Crippen molar-refractivity contribution in [3.63, 3.8) is 0 Å². The molecule has 0 aliphatic rings. The molecule has 0 saturated heterocycles. The van der Waals surface area contributed by atoms with Gasteiger partial charge in [0.1, 0.15) is 0 Å². The summed E-state index contributed by atoms with van der Waals surface area (Å²) in [6, 6.07) is 5.74. The lowest BCUT2D eigenvalue weighted by Crippen LogP contribution is -2.29. The molecular weight excluding hydrogens is 248 g/mol. The quantitative estimate of drug-likeness (QED) is 0.417. The van der Waals surface area contributed by atoms with E-state index in [1.54, 1.807) is 0 Å². The molecule has 0 spiro atoms. The third-order valence-corrected chi connectivity index (χ3v) is 2.42. The van der Waals surface area contributed by atoms with E-state index in [2.05, 4.69) is 9.97 Å². The van der Waals surface area contributed by atoms with E-state index in [-0.39, 0.29) is 5.56 Å². The minimum absolute atomic E-state index is 0.0977. The molecule has 0 bridgehead atoms. The van der Waals surface area contributed by atoms with Crippen molar-refractivity contribution in [2.45, 2.75) is 0 Å². The summed E-state index contributed by atoms with van der Waals surface area (Å²) in [6.45, 7) is 0. The van der Waals surface area contributed by atoms with E-state index < -0.39 is 11.9 Å². The van der Waals surface area contributed by atoms with Crippen molar-refractivity contribution in [2.75, 3.05) is 0 Å². The van der Waals surface area contributed by atoms with E-state index in [1.807, 2.05) is 5.43 Å². The van der Waals surface area contributed by atoms with Gasteiger partial charge in [-0.25, -0.2) is 10.6 Å². The number of amides is 1. The fourth-order valence-electron chi connectivity index (χ4n) is 1.50. The first kappa shape index (κ1) is 12.7. The molecule has 0 aliphatic carbocycles. The summed E-state index contributed by atoms with van der Waals surface area (Å²) in [4.78, 5) is 30.4. The second-order valence-electron chi connectivity index (χ2n) is 3.64. The average molecular weight is 258 g/mol. The molecule has 0 atom stereocenters. The summed E-state index contributed by atoms with van der Waals surface area (Å²) in [6.07, 6.45) is 2.80. The van der Waals surface area contributed by atoms with E-state index >= 15 is 0 Å². The number of rotatable bonds is 3. The largest absolute Gasteiger partial charge is 0.478 e. The van der Waals surface area contributed by atoms with Gasteiger partial charge >= 0.3 is 5.97 Å². The van der Waals surface area contributed by atoms with E-state index in [9.17, 15) is 9.59 Å². The highest BCUT2D eigenvalue weighted by Gasteiger charge is 2.09. The number of carboxylic acids is 1. The maximum Gasteiger partial charge on any atom is 0.335 e. The summed E-state index contributed by atoms with van der Waals surface area (Å²) in [5.41, 5.74) is 3.18. The van der Waals surface area contributed by atoms with Crippen molar-refractivity contribution < 1.29 is 14.7 Å². The Labute approximate surface area is 108 Å². The Morgan fingerprint density at radius 2 is 1.58 bits per heavy atom. The number of nitrogen functional groups attached to an aromatic ring is 1. The zero-order chi connectivity index (χ0) is 13.8. The van der Waals surface area contributed by atoms with Gasteiger partial charge in [0, 0.05) is 18.0 Å². The van der Waals surface area contributed by atoms with E-state index in [1.165, 1.54) is 36.7 Å². The van der Waals surface area contributed by atoms with E-state index in [4.69, 9.17) is 10.9 Å². The molecule has 2 aromatic rings. The van der Waals surface area contributed by atoms with Crippen molar-refractivity contribution in [2.24, 2.45) is 5.84 Å². The zero-order valence-corrected chi connectivity index (χ0v) is 9.70. The Balaban J connectivity index is 2.44. The molecule has 0 aliphatic heterocycles. The third-order valence-electron chi connectivity index (χ3n) is 2.42. The number of hydrogen-bond donors (Lipinski definition) is 3. The Morgan fingerprint density at radius 3 is 2.11 bits per heavy atom. The first-order valence-corrected chi connectivity index (χ1v) is 5.28. The summed E-state index contributed by atoms with van der Waals surface area (Å²) < 4.78 is 0. The predicted molar refractivity (Wildman–Crippen MR) is 66.1 cm³/mol. The number of carboxylic acid groups (broad SMARTS) is 1. The maximum atomic E-state index is 11.4. The number of aromatic carboxylic acids is 1. The minimum atomic E-state index is -1.06. The van der Waals surface area contributed by atoms with Crippen molar-refractivity contribution >= 4 is 11.9 Å². The van der Waals surface area contributed by atoms with Crippen LogP contribution in [0.15, 0.2) is 36.7 Å². The summed E-state index contributed by atoms with van der Waals surface area (Å²) in [5.74, 6) is 3.53. The molecule has 96 valence electrons. The van der Waals surface area contributed by atoms with Crippen LogP contribution in [0.1, 0.15) is 20.7 Å². The van der Waals surface area contributed by atoms with Crippen LogP contribution in [0, 0.1) is 0 Å². The maximum absolute atomic E-state index is 11.4. The Bertz CT molecular complexity index is 642. The second kappa shape index (κ2) is 5.23. The van der Waals surface area contributed by atoms with Gasteiger partial charge in [-0.3, -0.25) is 20.2 Å². The molecule has 1 amide bonds. The average Bonchev–Trinajstić information content (AvgIpc) is 2.46. The fourth-order valence-corrected chi connectivity index (χ4v) is 1.50. The number of nitrogens with zero attached hydrogens (tertiary/aromatic N) is 2. The highest BCUT2D eigenvalue weighted by molar-refractivity contribution is 5.94. The lowest BCUT2D eigenvalue weighted by Gasteiger charge is -2.04. The van der Waals surface area contributed by atoms with Crippen LogP contribution in [0.4, 0.5) is 0 Å². The molecule has 7 nitrogen and oxygen atoms in total. The van der Waals surface area contributed by atoms with Crippen LogP contribution in [0.25, 0.3) is 11.4 Å². The summed E-state index contributed by atoms with van der Waals surface area (Å²) in [7, 11) is 0. The van der Waals surface area contributed by atoms with Gasteiger partial charge in [0.05, 0.1) is 17.0 Å². The smallest absolute Gasteiger partial charge is 0.335 e. The van der Waals surface area contributed by atoms with Crippen LogP contribution in [-0.4, -0.2) is 27.0 Å². The molecule has 4 N–H and O–H groups in total. The molecule has 2 aromatic heterocycles. The van der Waals surface area contributed by atoms with Crippen molar-refractivity contribution in [1.29, 1.82) is 0 Å². The molecule has 0 fully saturated rings. The first-order valence-electron chi connectivity index (χ1n) is 5.28. The summed E-state index contributed by atoms with van der Waals surface area (Å²) >= 11 is 0. The predicted octanol–water partition coefficient (Wildman–Crippen LogP) is 0.445. The standard InChI is InChI=1S/C12H10N4O3/c13-16-11(17)7-1-3-14-9(5-7)10-6-8(12(18)19)2-4-15-10/h1-6H,13H2,(H,16,17)(H,18,19). The second-order valence-corrected chi connectivity index (χ2v) is 3.64. The SMILES string of the molecule is NNC(=O)c1ccnc(-c2cc(C(=O)O)ccn2)c1. The molecule has 2 heterocycles. The zero-order valence-electron chi connectivity index (χ0n) is 9.70. The van der Waals surface area contributed by atoms with E-state index in [0.29, 0.717) is 17.0 Å². The van der Waals surface area contributed by atoms with Gasteiger partial charge in [0.25, 0.3) is 5.91 Å². The lowest BCUT2D eigenvalue weighted by atomic mass is 10.1. The number of pyridine rings is 2. The molecule has 0 radical (unpaired) electrons. The minimum Gasteiger partial charge on any atom is -0.478 e. The van der Waals surface area contributed by atoms with Gasteiger partial charge in [-0.2, -0.15) is 0 Å². The van der Waals surface area contributed by atoms with Gasteiger partial charge in [-0.05, 0) is 24.3 Å². The van der Waals surface area contributed by atoms with Gasteiger partial charge in [0.2, 0.25) is 0 Å². The van der Waals surface area contributed by atoms with Crippen molar-refractivity contribution in [3.8, 4) is 11.4 Å². The van der Waals surface area contributed by atoms with Gasteiger partial charge < -0.3 is 5.11 Å². The first-order chi connectivity index (χ1) is 9.11. The number of hydrogen-bond acceptors (Lipinski definition) is 5. The lowest BCUT2D eigenvalue weighted by molar-refractivity contribution is 0.0696. The molecule has 2 rings (SSSR count). The fraction of sp³-hybridized carbons (Fsp3) is 0. The van der Waals surface area contributed by atoms with Crippen molar-refractivity contribution in [3.05, 3.63) is 47.8 Å². The van der Waals surface area contributed by atoms with Crippen LogP contribution in [-0.2, 0) is 0 Å². The van der Waals surface area contributed by atoms with Gasteiger partial charge in [-0.1, -0.05) is 0 Å². The monoisotopic (exact) mass is 258 g/mol. The number of aromatic nitrogens is 2. The highest BCUT2D eigenvalue weighted by Crippen LogP contribution is 2.16. The molecular formula is C12H10N4O3. The molecule has 7 heteroatoms. The van der Waals surface area contributed by atoms with Crippen molar-refractivity contribution in [1.82, 2.24) is 15.4 Å². The van der Waals surface area contributed by atoms with Crippen LogP contribution in [0.3, 0.4) is 0 Å². The molecule has 0 aromatic carbocycles. The highest BCUT2D eigenvalue weighted by atomic mass is 16.4. The van der Waals surface area contributed by atoms with Crippen LogP contribution >= 0.6 is 0 Å². The van der Waals surface area contributed by atoms with Gasteiger partial charge in [-0.15, -0.1) is 0 Å². The Hall–Kier alpha value is -2.80. The molecule has 0 unspecified atom stereocenters. The Kier molecular flexibility index (Phi) is 3.48. The topological polar surface area (TPSA) is 118 Å². The third kappa shape index (κ3) is 2.72. The number of carbonyl (C=O) groups is 2. The normalized spacial score (nSPS) is 9.95.